The molecular weight excluding hydrogens is 532 g/mol. The number of alkyl halides is 1. The van der Waals surface area contributed by atoms with Gasteiger partial charge >= 0.3 is 0 Å². The smallest absolute Gasteiger partial charge is 0.162 e. The highest BCUT2D eigenvalue weighted by atomic mass is 79.9. The number of halogens is 4. The lowest BCUT2D eigenvalue weighted by Gasteiger charge is -2.22. The first kappa shape index (κ1) is 15.8. The molecule has 0 bridgehead atoms. The van der Waals surface area contributed by atoms with Gasteiger partial charge in [0.25, 0.3) is 0 Å². The molecule has 1 unspecified atom stereocenters. The molecule has 2 nitrogen and oxygen atoms in total. The number of ether oxygens (including phenoxy) is 2. The van der Waals surface area contributed by atoms with Gasteiger partial charge < -0.3 is 9.47 Å². The highest BCUT2D eigenvalue weighted by Crippen LogP contribution is 2.44. The van der Waals surface area contributed by atoms with E-state index in [4.69, 9.17) is 9.47 Å². The van der Waals surface area contributed by atoms with Crippen molar-refractivity contribution in [2.45, 2.75) is 4.83 Å². The van der Waals surface area contributed by atoms with Crippen molar-refractivity contribution in [3.8, 4) is 11.5 Å². The molecule has 0 aliphatic carbocycles. The van der Waals surface area contributed by atoms with Crippen molar-refractivity contribution in [2.24, 2.45) is 0 Å². The molecule has 1 aliphatic rings. The molecule has 0 aromatic heterocycles. The summed E-state index contributed by atoms with van der Waals surface area (Å²) in [5.74, 6) is 1.57. The van der Waals surface area contributed by atoms with Crippen molar-refractivity contribution >= 4 is 63.7 Å². The molecule has 0 N–H and O–H groups in total. The fourth-order valence-corrected chi connectivity index (χ4v) is 5.37. The third kappa shape index (κ3) is 3.33. The summed E-state index contributed by atoms with van der Waals surface area (Å²) in [5, 5.41) is 0. The standard InChI is InChI=1S/C15H10Br4O2/c16-8-1-2-9(11(17)5-8)15(19)10-6-13-14(7-12(10)18)21-4-3-20-13/h1-2,5-7,15H,3-4H2. The zero-order chi connectivity index (χ0) is 15.0. The van der Waals surface area contributed by atoms with Crippen molar-refractivity contribution in [1.82, 2.24) is 0 Å². The number of rotatable bonds is 2. The van der Waals surface area contributed by atoms with Crippen LogP contribution >= 0.6 is 63.7 Å². The van der Waals surface area contributed by atoms with Gasteiger partial charge in [0, 0.05) is 13.4 Å². The number of fused-ring (bicyclic) bond motifs is 1. The van der Waals surface area contributed by atoms with Crippen LogP contribution in [0, 0.1) is 0 Å². The summed E-state index contributed by atoms with van der Waals surface area (Å²) in [7, 11) is 0. The van der Waals surface area contributed by atoms with E-state index in [1.54, 1.807) is 0 Å². The summed E-state index contributed by atoms with van der Waals surface area (Å²) in [6.07, 6.45) is 0. The van der Waals surface area contributed by atoms with E-state index in [2.05, 4.69) is 69.8 Å². The van der Waals surface area contributed by atoms with Gasteiger partial charge in [-0.15, -0.1) is 0 Å². The predicted molar refractivity (Wildman–Crippen MR) is 97.7 cm³/mol. The van der Waals surface area contributed by atoms with Crippen LogP contribution in [0.25, 0.3) is 0 Å². The Morgan fingerprint density at radius 1 is 0.810 bits per heavy atom. The summed E-state index contributed by atoms with van der Waals surface area (Å²) in [4.78, 5) is 0.0465. The zero-order valence-corrected chi connectivity index (χ0v) is 17.1. The van der Waals surface area contributed by atoms with E-state index >= 15 is 0 Å². The van der Waals surface area contributed by atoms with Crippen LogP contribution < -0.4 is 9.47 Å². The molecule has 1 heterocycles. The molecule has 1 aliphatic heterocycles. The van der Waals surface area contributed by atoms with Gasteiger partial charge in [-0.2, -0.15) is 0 Å². The largest absolute Gasteiger partial charge is 0.486 e. The Hall–Kier alpha value is -0.0400. The Morgan fingerprint density at radius 2 is 1.43 bits per heavy atom. The second kappa shape index (κ2) is 6.60. The van der Waals surface area contributed by atoms with E-state index in [0.29, 0.717) is 13.2 Å². The van der Waals surface area contributed by atoms with Gasteiger partial charge in [0.2, 0.25) is 0 Å². The van der Waals surface area contributed by atoms with Crippen LogP contribution in [-0.2, 0) is 0 Å². The SMILES string of the molecule is Brc1ccc(C(Br)c2cc3c(cc2Br)OCCO3)c(Br)c1. The number of benzene rings is 2. The van der Waals surface area contributed by atoms with Crippen molar-refractivity contribution in [1.29, 1.82) is 0 Å². The van der Waals surface area contributed by atoms with Crippen LogP contribution in [0.15, 0.2) is 43.7 Å². The van der Waals surface area contributed by atoms with Crippen molar-refractivity contribution in [2.75, 3.05) is 13.2 Å². The average Bonchev–Trinajstić information content (AvgIpc) is 2.46. The van der Waals surface area contributed by atoms with Crippen molar-refractivity contribution in [3.63, 3.8) is 0 Å². The predicted octanol–water partition coefficient (Wildman–Crippen LogP) is 6.23. The lowest BCUT2D eigenvalue weighted by atomic mass is 10.0. The van der Waals surface area contributed by atoms with Crippen LogP contribution in [-0.4, -0.2) is 13.2 Å². The lowest BCUT2D eigenvalue weighted by Crippen LogP contribution is -2.15. The van der Waals surface area contributed by atoms with Gasteiger partial charge in [-0.3, -0.25) is 0 Å². The van der Waals surface area contributed by atoms with Crippen molar-refractivity contribution in [3.05, 3.63) is 54.9 Å². The highest BCUT2D eigenvalue weighted by Gasteiger charge is 2.21. The molecule has 0 spiro atoms. The van der Waals surface area contributed by atoms with E-state index in [1.165, 1.54) is 0 Å². The molecule has 6 heteroatoms. The quantitative estimate of drug-likeness (QED) is 0.420. The molecule has 0 radical (unpaired) electrons. The van der Waals surface area contributed by atoms with E-state index in [9.17, 15) is 0 Å². The summed E-state index contributed by atoms with van der Waals surface area (Å²) in [5.41, 5.74) is 2.25. The molecule has 0 saturated heterocycles. The minimum atomic E-state index is 0.0465. The highest BCUT2D eigenvalue weighted by molar-refractivity contribution is 9.11. The van der Waals surface area contributed by atoms with Crippen LogP contribution in [0.1, 0.15) is 16.0 Å². The van der Waals surface area contributed by atoms with Gasteiger partial charge in [-0.25, -0.2) is 0 Å². The Balaban J connectivity index is 2.03. The minimum Gasteiger partial charge on any atom is -0.486 e. The third-order valence-corrected chi connectivity index (χ3v) is 6.02. The maximum absolute atomic E-state index is 5.67. The Bertz CT molecular complexity index is 688. The maximum atomic E-state index is 5.67. The van der Waals surface area contributed by atoms with Gasteiger partial charge in [0.05, 0.1) is 4.83 Å². The molecule has 1 atom stereocenters. The summed E-state index contributed by atoms with van der Waals surface area (Å²) in [6.45, 7) is 1.18. The van der Waals surface area contributed by atoms with Crippen LogP contribution in [0.3, 0.4) is 0 Å². The normalized spacial score (nSPS) is 14.9. The van der Waals surface area contributed by atoms with Crippen LogP contribution in [0.5, 0.6) is 11.5 Å². The molecule has 2 aromatic rings. The Kier molecular flexibility index (Phi) is 4.98. The summed E-state index contributed by atoms with van der Waals surface area (Å²) < 4.78 is 14.3. The number of hydrogen-bond donors (Lipinski definition) is 0. The summed E-state index contributed by atoms with van der Waals surface area (Å²) in [6, 6.07) is 10.1. The Morgan fingerprint density at radius 3 is 2.10 bits per heavy atom. The molecule has 0 saturated carbocycles. The maximum Gasteiger partial charge on any atom is 0.162 e. The third-order valence-electron chi connectivity index (χ3n) is 3.17. The Labute approximate surface area is 156 Å². The van der Waals surface area contributed by atoms with E-state index in [0.717, 1.165) is 36.0 Å². The molecule has 0 amide bonds. The monoisotopic (exact) mass is 538 g/mol. The second-order valence-corrected chi connectivity index (χ2v) is 8.09. The molecule has 2 aromatic carbocycles. The first-order valence-electron chi connectivity index (χ1n) is 6.24. The molecule has 21 heavy (non-hydrogen) atoms. The minimum absolute atomic E-state index is 0.0465. The molecule has 3 rings (SSSR count). The van der Waals surface area contributed by atoms with Crippen molar-refractivity contribution < 1.29 is 9.47 Å². The molecule has 0 fully saturated rings. The van der Waals surface area contributed by atoms with Gasteiger partial charge in [0.1, 0.15) is 13.2 Å². The van der Waals surface area contributed by atoms with Crippen LogP contribution in [0.2, 0.25) is 0 Å². The van der Waals surface area contributed by atoms with Gasteiger partial charge in [-0.05, 0) is 35.4 Å². The lowest BCUT2D eigenvalue weighted by molar-refractivity contribution is 0.171. The topological polar surface area (TPSA) is 18.5 Å². The molecular formula is C15H10Br4O2. The summed E-state index contributed by atoms with van der Waals surface area (Å²) >= 11 is 14.5. The first-order chi connectivity index (χ1) is 10.1. The average molecular weight is 542 g/mol. The number of hydrogen-bond acceptors (Lipinski definition) is 2. The van der Waals surface area contributed by atoms with E-state index in [1.807, 2.05) is 24.3 Å². The van der Waals surface area contributed by atoms with Gasteiger partial charge in [-0.1, -0.05) is 69.8 Å². The van der Waals surface area contributed by atoms with Gasteiger partial charge in [0.15, 0.2) is 11.5 Å². The fourth-order valence-electron chi connectivity index (χ4n) is 2.15. The first-order valence-corrected chi connectivity index (χ1v) is 9.54. The fraction of sp³-hybridized carbons (Fsp3) is 0.200. The zero-order valence-electron chi connectivity index (χ0n) is 10.7. The second-order valence-electron chi connectivity index (χ2n) is 4.55. The van der Waals surface area contributed by atoms with E-state index in [-0.39, 0.29) is 4.83 Å². The van der Waals surface area contributed by atoms with E-state index < -0.39 is 0 Å². The van der Waals surface area contributed by atoms with Crippen LogP contribution in [0.4, 0.5) is 0 Å². The molecule has 110 valence electrons.